The normalized spacial score (nSPS) is 20.6. The van der Waals surface area contributed by atoms with Gasteiger partial charge in [0.25, 0.3) is 0 Å². The molecule has 0 aromatic rings. The lowest BCUT2D eigenvalue weighted by molar-refractivity contribution is -0.178. The molecule has 1 rings (SSSR count). The highest BCUT2D eigenvalue weighted by atomic mass is 16.6. The lowest BCUT2D eigenvalue weighted by atomic mass is 10.00. The second-order valence-corrected chi connectivity index (χ2v) is 7.74. The minimum atomic E-state index is -1.12. The molecule has 0 aromatic carbocycles. The SMILES string of the molecule is C=CCCC1CC1(C(=O)OC(C)(C)C)C(=O)OC(C)(C)C. The van der Waals surface area contributed by atoms with Crippen molar-refractivity contribution in [3.8, 4) is 0 Å². The second kappa shape index (κ2) is 5.82. The first kappa shape index (κ1) is 17.7. The van der Waals surface area contributed by atoms with Crippen LogP contribution >= 0.6 is 0 Å². The minimum absolute atomic E-state index is 0.0137. The van der Waals surface area contributed by atoms with E-state index in [4.69, 9.17) is 9.47 Å². The third-order valence-electron chi connectivity index (χ3n) is 3.35. The zero-order valence-electron chi connectivity index (χ0n) is 14.1. The van der Waals surface area contributed by atoms with Crippen LogP contribution in [0.1, 0.15) is 60.8 Å². The van der Waals surface area contributed by atoms with Crippen molar-refractivity contribution >= 4 is 11.9 Å². The minimum Gasteiger partial charge on any atom is -0.459 e. The maximum absolute atomic E-state index is 12.5. The molecular weight excluding hydrogens is 268 g/mol. The van der Waals surface area contributed by atoms with E-state index >= 15 is 0 Å². The van der Waals surface area contributed by atoms with Crippen molar-refractivity contribution < 1.29 is 19.1 Å². The van der Waals surface area contributed by atoms with Crippen LogP contribution in [-0.2, 0) is 19.1 Å². The summed E-state index contributed by atoms with van der Waals surface area (Å²) in [5.41, 5.74) is -2.35. The first-order valence-electron chi connectivity index (χ1n) is 7.50. The van der Waals surface area contributed by atoms with Crippen LogP contribution in [0.3, 0.4) is 0 Å². The molecule has 0 aromatic heterocycles. The summed E-state index contributed by atoms with van der Waals surface area (Å²) in [7, 11) is 0. The second-order valence-electron chi connectivity index (χ2n) is 7.74. The van der Waals surface area contributed by atoms with E-state index in [1.54, 1.807) is 47.6 Å². The van der Waals surface area contributed by atoms with E-state index in [2.05, 4.69) is 6.58 Å². The molecule has 0 heterocycles. The number of allylic oxidation sites excluding steroid dienone is 1. The van der Waals surface area contributed by atoms with Crippen molar-refractivity contribution in [3.05, 3.63) is 12.7 Å². The van der Waals surface area contributed by atoms with Crippen molar-refractivity contribution in [2.24, 2.45) is 11.3 Å². The lowest BCUT2D eigenvalue weighted by Crippen LogP contribution is -2.39. The fourth-order valence-electron chi connectivity index (χ4n) is 2.32. The van der Waals surface area contributed by atoms with E-state index in [1.165, 1.54) is 0 Å². The standard InChI is InChI=1S/C17H28O4/c1-8-9-10-12-11-17(12,13(18)20-15(2,3)4)14(19)21-16(5,6)7/h8,12H,1,9-11H2,2-7H3. The van der Waals surface area contributed by atoms with Crippen molar-refractivity contribution in [1.82, 2.24) is 0 Å². The van der Waals surface area contributed by atoms with E-state index in [-0.39, 0.29) is 5.92 Å². The van der Waals surface area contributed by atoms with Crippen LogP contribution in [0.5, 0.6) is 0 Å². The summed E-state index contributed by atoms with van der Waals surface area (Å²) in [6.07, 6.45) is 3.83. The Morgan fingerprint density at radius 1 is 1.10 bits per heavy atom. The molecule has 4 nitrogen and oxygen atoms in total. The molecule has 0 amide bonds. The number of carbonyl (C=O) groups is 2. The van der Waals surface area contributed by atoms with E-state index in [9.17, 15) is 9.59 Å². The molecule has 0 bridgehead atoms. The largest absolute Gasteiger partial charge is 0.459 e. The van der Waals surface area contributed by atoms with Gasteiger partial charge in [0.05, 0.1) is 0 Å². The Bertz CT molecular complexity index is 395. The van der Waals surface area contributed by atoms with E-state index in [0.717, 1.165) is 12.8 Å². The zero-order valence-corrected chi connectivity index (χ0v) is 14.1. The molecule has 120 valence electrons. The molecule has 1 fully saturated rings. The number of hydrogen-bond donors (Lipinski definition) is 0. The Kier molecular flexibility index (Phi) is 4.91. The average molecular weight is 296 g/mol. The van der Waals surface area contributed by atoms with Gasteiger partial charge in [0.1, 0.15) is 11.2 Å². The number of rotatable bonds is 5. The van der Waals surface area contributed by atoms with E-state index in [0.29, 0.717) is 6.42 Å². The predicted octanol–water partition coefficient (Wildman–Crippen LogP) is 3.64. The topological polar surface area (TPSA) is 52.6 Å². The monoisotopic (exact) mass is 296 g/mol. The van der Waals surface area contributed by atoms with Crippen LogP contribution in [-0.4, -0.2) is 23.1 Å². The molecule has 1 atom stereocenters. The molecule has 0 aliphatic heterocycles. The molecule has 4 heteroatoms. The van der Waals surface area contributed by atoms with E-state index < -0.39 is 28.6 Å². The number of carbonyl (C=O) groups excluding carboxylic acids is 2. The molecule has 1 aliphatic carbocycles. The highest BCUT2D eigenvalue weighted by Gasteiger charge is 2.68. The number of ether oxygens (including phenoxy) is 2. The van der Waals surface area contributed by atoms with Crippen LogP contribution in [0, 0.1) is 11.3 Å². The molecule has 0 saturated heterocycles. The van der Waals surface area contributed by atoms with Gasteiger partial charge in [0.15, 0.2) is 5.41 Å². The van der Waals surface area contributed by atoms with Gasteiger partial charge in [-0.2, -0.15) is 0 Å². The van der Waals surface area contributed by atoms with Crippen molar-refractivity contribution in [3.63, 3.8) is 0 Å². The summed E-state index contributed by atoms with van der Waals surface area (Å²) in [5.74, 6) is -0.933. The van der Waals surface area contributed by atoms with Crippen LogP contribution < -0.4 is 0 Å². The Labute approximate surface area is 127 Å². The Balaban J connectivity index is 2.90. The zero-order chi connectivity index (χ0) is 16.5. The summed E-state index contributed by atoms with van der Waals surface area (Å²) >= 11 is 0. The predicted molar refractivity (Wildman–Crippen MR) is 81.7 cm³/mol. The summed E-state index contributed by atoms with van der Waals surface area (Å²) < 4.78 is 10.9. The summed E-state index contributed by atoms with van der Waals surface area (Å²) in [6, 6.07) is 0. The number of esters is 2. The molecular formula is C17H28O4. The quantitative estimate of drug-likeness (QED) is 0.441. The average Bonchev–Trinajstić information content (AvgIpc) is 2.97. The summed E-state index contributed by atoms with van der Waals surface area (Å²) in [4.78, 5) is 25.0. The van der Waals surface area contributed by atoms with Crippen LogP contribution in [0.25, 0.3) is 0 Å². The molecule has 0 spiro atoms. The Morgan fingerprint density at radius 2 is 1.52 bits per heavy atom. The lowest BCUT2D eigenvalue weighted by Gasteiger charge is -2.27. The van der Waals surface area contributed by atoms with Gasteiger partial charge in [-0.25, -0.2) is 0 Å². The highest BCUT2D eigenvalue weighted by Crippen LogP contribution is 2.57. The summed E-state index contributed by atoms with van der Waals surface area (Å²) in [6.45, 7) is 14.5. The van der Waals surface area contributed by atoms with Crippen LogP contribution in [0.4, 0.5) is 0 Å². The fourth-order valence-corrected chi connectivity index (χ4v) is 2.32. The highest BCUT2D eigenvalue weighted by molar-refractivity contribution is 6.04. The maximum atomic E-state index is 12.5. The van der Waals surface area contributed by atoms with Gasteiger partial charge < -0.3 is 9.47 Å². The van der Waals surface area contributed by atoms with Gasteiger partial charge in [-0.05, 0) is 66.7 Å². The Hall–Kier alpha value is -1.32. The van der Waals surface area contributed by atoms with Crippen molar-refractivity contribution in [2.45, 2.75) is 72.0 Å². The van der Waals surface area contributed by atoms with Gasteiger partial charge in [-0.3, -0.25) is 9.59 Å². The van der Waals surface area contributed by atoms with Crippen molar-refractivity contribution in [1.29, 1.82) is 0 Å². The third kappa shape index (κ3) is 4.58. The first-order chi connectivity index (χ1) is 9.42. The fraction of sp³-hybridized carbons (Fsp3) is 0.765. The van der Waals surface area contributed by atoms with Gasteiger partial charge in [-0.1, -0.05) is 6.08 Å². The maximum Gasteiger partial charge on any atom is 0.324 e. The number of hydrogen-bond acceptors (Lipinski definition) is 4. The molecule has 0 radical (unpaired) electrons. The van der Waals surface area contributed by atoms with Crippen molar-refractivity contribution in [2.75, 3.05) is 0 Å². The molecule has 1 unspecified atom stereocenters. The van der Waals surface area contributed by atoms with Gasteiger partial charge >= 0.3 is 11.9 Å². The molecule has 1 saturated carbocycles. The van der Waals surface area contributed by atoms with Gasteiger partial charge in [-0.15, -0.1) is 6.58 Å². The third-order valence-corrected chi connectivity index (χ3v) is 3.35. The summed E-state index contributed by atoms with van der Waals surface area (Å²) in [5, 5.41) is 0. The first-order valence-corrected chi connectivity index (χ1v) is 7.50. The molecule has 1 aliphatic rings. The van der Waals surface area contributed by atoms with Crippen LogP contribution in [0.2, 0.25) is 0 Å². The van der Waals surface area contributed by atoms with Gasteiger partial charge in [0, 0.05) is 0 Å². The van der Waals surface area contributed by atoms with E-state index in [1.807, 2.05) is 0 Å². The van der Waals surface area contributed by atoms with Gasteiger partial charge in [0.2, 0.25) is 0 Å². The smallest absolute Gasteiger partial charge is 0.324 e. The van der Waals surface area contributed by atoms with Crippen LogP contribution in [0.15, 0.2) is 12.7 Å². The molecule has 0 N–H and O–H groups in total. The molecule has 21 heavy (non-hydrogen) atoms. The Morgan fingerprint density at radius 3 is 1.86 bits per heavy atom.